The highest BCUT2D eigenvalue weighted by atomic mass is 28.1. The van der Waals surface area contributed by atoms with Gasteiger partial charge in [-0.25, -0.2) is 4.79 Å². The maximum atomic E-state index is 12.1. The largest absolute Gasteiger partial charge is 0.411 e. The van der Waals surface area contributed by atoms with E-state index in [2.05, 4.69) is 5.32 Å². The van der Waals surface area contributed by atoms with Gasteiger partial charge in [0.2, 0.25) is 0 Å². The quantitative estimate of drug-likeness (QED) is 0.514. The number of ether oxygens (including phenoxy) is 4. The third kappa shape index (κ3) is 7.26. The Hall–Kier alpha value is -0.633. The summed E-state index contributed by atoms with van der Waals surface area (Å²) in [5.41, 5.74) is -0.399. The standard InChI is InChI=1S/C14H31NO5Si/c1-7-17-11(10-21)14(18-8-2,19-9-3)20-12(16)15-13(4,5)6/h11H,7-10H2,1-6,21H3,(H,15,16). The first-order chi connectivity index (χ1) is 9.74. The van der Waals surface area contributed by atoms with E-state index in [-0.39, 0.29) is 0 Å². The van der Waals surface area contributed by atoms with Crippen LogP contribution in [-0.4, -0.2) is 53.8 Å². The van der Waals surface area contributed by atoms with Gasteiger partial charge < -0.3 is 24.3 Å². The molecule has 126 valence electrons. The summed E-state index contributed by atoms with van der Waals surface area (Å²) in [5.74, 6) is -1.49. The van der Waals surface area contributed by atoms with Gasteiger partial charge in [-0.05, 0) is 47.6 Å². The summed E-state index contributed by atoms with van der Waals surface area (Å²) in [6, 6.07) is 0.733. The van der Waals surface area contributed by atoms with E-state index < -0.39 is 23.7 Å². The lowest BCUT2D eigenvalue weighted by Gasteiger charge is -2.38. The highest BCUT2D eigenvalue weighted by Gasteiger charge is 2.45. The van der Waals surface area contributed by atoms with Crippen molar-refractivity contribution in [2.24, 2.45) is 0 Å². The zero-order valence-electron chi connectivity index (χ0n) is 14.4. The topological polar surface area (TPSA) is 66.0 Å². The van der Waals surface area contributed by atoms with Crippen molar-refractivity contribution in [3.05, 3.63) is 0 Å². The van der Waals surface area contributed by atoms with Crippen molar-refractivity contribution in [2.75, 3.05) is 19.8 Å². The molecule has 1 N–H and O–H groups in total. The zero-order valence-corrected chi connectivity index (χ0v) is 16.4. The van der Waals surface area contributed by atoms with E-state index in [0.717, 1.165) is 16.3 Å². The Morgan fingerprint density at radius 3 is 1.95 bits per heavy atom. The SMILES string of the molecule is CCOC(C[SiH3])C(OCC)(OCC)OC(=O)NC(C)(C)C. The van der Waals surface area contributed by atoms with Gasteiger partial charge >= 0.3 is 12.1 Å². The van der Waals surface area contributed by atoms with Gasteiger partial charge in [-0.3, -0.25) is 0 Å². The summed E-state index contributed by atoms with van der Waals surface area (Å²) in [7, 11) is 0.878. The van der Waals surface area contributed by atoms with E-state index in [1.165, 1.54) is 0 Å². The van der Waals surface area contributed by atoms with Crippen molar-refractivity contribution in [2.45, 2.75) is 65.2 Å². The smallest absolute Gasteiger partial charge is 0.389 e. The van der Waals surface area contributed by atoms with Crippen molar-refractivity contribution >= 4 is 16.3 Å². The Bertz CT molecular complexity index is 300. The molecular formula is C14H31NO5Si. The minimum Gasteiger partial charge on any atom is -0.389 e. The number of alkyl carbamates (subject to hydrolysis) is 1. The van der Waals surface area contributed by atoms with E-state index in [0.29, 0.717) is 19.8 Å². The van der Waals surface area contributed by atoms with Crippen LogP contribution in [0.15, 0.2) is 0 Å². The second-order valence-electron chi connectivity index (χ2n) is 5.59. The van der Waals surface area contributed by atoms with Gasteiger partial charge in [-0.1, -0.05) is 0 Å². The summed E-state index contributed by atoms with van der Waals surface area (Å²) in [6.45, 7) is 12.4. The Morgan fingerprint density at radius 2 is 1.62 bits per heavy atom. The van der Waals surface area contributed by atoms with Crippen molar-refractivity contribution in [1.29, 1.82) is 0 Å². The Kier molecular flexibility index (Phi) is 9.11. The molecule has 0 aliphatic heterocycles. The van der Waals surface area contributed by atoms with Crippen molar-refractivity contribution < 1.29 is 23.7 Å². The number of hydrogen-bond donors (Lipinski definition) is 1. The highest BCUT2D eigenvalue weighted by molar-refractivity contribution is 6.08. The first-order valence-corrected chi connectivity index (χ1v) is 9.06. The number of carbonyl (C=O) groups excluding carboxylic acids is 1. The summed E-state index contributed by atoms with van der Waals surface area (Å²) >= 11 is 0. The summed E-state index contributed by atoms with van der Waals surface area (Å²) < 4.78 is 22.5. The van der Waals surface area contributed by atoms with E-state index in [9.17, 15) is 4.79 Å². The van der Waals surface area contributed by atoms with Crippen molar-refractivity contribution in [3.63, 3.8) is 0 Å². The van der Waals surface area contributed by atoms with Crippen LogP contribution < -0.4 is 5.32 Å². The van der Waals surface area contributed by atoms with Gasteiger partial charge in [0, 0.05) is 22.4 Å². The molecule has 1 amide bonds. The summed E-state index contributed by atoms with van der Waals surface area (Å²) in [5, 5.41) is 2.75. The Morgan fingerprint density at radius 1 is 1.10 bits per heavy atom. The highest BCUT2D eigenvalue weighted by Crippen LogP contribution is 2.26. The maximum Gasteiger partial charge on any atom is 0.411 e. The molecule has 0 aliphatic carbocycles. The summed E-state index contributed by atoms with van der Waals surface area (Å²) in [4.78, 5) is 12.1. The fraction of sp³-hybridized carbons (Fsp3) is 0.929. The minimum absolute atomic E-state index is 0.355. The van der Waals surface area contributed by atoms with Gasteiger partial charge in [0.25, 0.3) is 0 Å². The van der Waals surface area contributed by atoms with E-state index in [4.69, 9.17) is 18.9 Å². The molecule has 0 aromatic carbocycles. The molecule has 0 aliphatic rings. The van der Waals surface area contributed by atoms with Crippen molar-refractivity contribution in [1.82, 2.24) is 5.32 Å². The predicted octanol–water partition coefficient (Wildman–Crippen LogP) is 1.43. The second kappa shape index (κ2) is 9.40. The van der Waals surface area contributed by atoms with Crippen LogP contribution in [0.5, 0.6) is 0 Å². The molecule has 0 heterocycles. The third-order valence-corrected chi connectivity index (χ3v) is 3.28. The predicted molar refractivity (Wildman–Crippen MR) is 85.5 cm³/mol. The van der Waals surface area contributed by atoms with Gasteiger partial charge in [-0.15, -0.1) is 0 Å². The van der Waals surface area contributed by atoms with Crippen LogP contribution in [0.25, 0.3) is 0 Å². The molecule has 0 radical (unpaired) electrons. The number of carbonyl (C=O) groups is 1. The number of hydrogen-bond acceptors (Lipinski definition) is 5. The monoisotopic (exact) mass is 321 g/mol. The fourth-order valence-electron chi connectivity index (χ4n) is 1.89. The minimum atomic E-state index is -1.49. The molecule has 0 spiro atoms. The molecule has 7 heteroatoms. The molecule has 0 saturated heterocycles. The zero-order chi connectivity index (χ0) is 16.5. The third-order valence-electron chi connectivity index (χ3n) is 2.54. The van der Waals surface area contributed by atoms with E-state index in [1.807, 2.05) is 41.5 Å². The fourth-order valence-corrected chi connectivity index (χ4v) is 2.62. The van der Waals surface area contributed by atoms with Crippen molar-refractivity contribution in [3.8, 4) is 0 Å². The van der Waals surface area contributed by atoms with Gasteiger partial charge in [0.1, 0.15) is 6.10 Å². The lowest BCUT2D eigenvalue weighted by molar-refractivity contribution is -0.390. The maximum absolute atomic E-state index is 12.1. The average molecular weight is 321 g/mol. The second-order valence-corrected chi connectivity index (χ2v) is 6.40. The molecule has 0 aromatic rings. The molecule has 1 unspecified atom stereocenters. The molecule has 0 bridgehead atoms. The van der Waals surface area contributed by atoms with Crippen LogP contribution >= 0.6 is 0 Å². The van der Waals surface area contributed by atoms with E-state index >= 15 is 0 Å². The number of nitrogens with one attached hydrogen (secondary N) is 1. The molecular weight excluding hydrogens is 290 g/mol. The molecule has 21 heavy (non-hydrogen) atoms. The average Bonchev–Trinajstić information content (AvgIpc) is 2.33. The van der Waals surface area contributed by atoms with Crippen LogP contribution in [-0.2, 0) is 18.9 Å². The Balaban J connectivity index is 5.20. The molecule has 0 rings (SSSR count). The van der Waals surface area contributed by atoms with Crippen LogP contribution in [0, 0.1) is 0 Å². The number of rotatable bonds is 9. The first kappa shape index (κ1) is 20.4. The molecule has 0 fully saturated rings. The summed E-state index contributed by atoms with van der Waals surface area (Å²) in [6.07, 6.45) is -1.01. The Labute approximate surface area is 131 Å². The van der Waals surface area contributed by atoms with Gasteiger partial charge in [0.15, 0.2) is 0 Å². The lowest BCUT2D eigenvalue weighted by atomic mass is 10.1. The van der Waals surface area contributed by atoms with Crippen LogP contribution in [0.4, 0.5) is 4.79 Å². The molecule has 0 aromatic heterocycles. The van der Waals surface area contributed by atoms with Crippen LogP contribution in [0.2, 0.25) is 6.04 Å². The van der Waals surface area contributed by atoms with Gasteiger partial charge in [0.05, 0.1) is 13.2 Å². The first-order valence-electron chi connectivity index (χ1n) is 7.65. The molecule has 1 atom stereocenters. The van der Waals surface area contributed by atoms with E-state index in [1.54, 1.807) is 0 Å². The van der Waals surface area contributed by atoms with Crippen LogP contribution in [0.1, 0.15) is 41.5 Å². The van der Waals surface area contributed by atoms with Gasteiger partial charge in [-0.2, -0.15) is 0 Å². The molecule has 0 saturated carbocycles. The lowest BCUT2D eigenvalue weighted by Crippen LogP contribution is -2.55. The van der Waals surface area contributed by atoms with Crippen LogP contribution in [0.3, 0.4) is 0 Å². The number of amides is 1. The normalized spacial score (nSPS) is 14.0. The molecule has 6 nitrogen and oxygen atoms in total.